The van der Waals surface area contributed by atoms with Gasteiger partial charge in [-0.25, -0.2) is 4.79 Å². The minimum Gasteiger partial charge on any atom is -0.449 e. The first-order chi connectivity index (χ1) is 10.3. The Morgan fingerprint density at radius 3 is 2.57 bits per heavy atom. The fourth-order valence-electron chi connectivity index (χ4n) is 4.41. The summed E-state index contributed by atoms with van der Waals surface area (Å²) in [6.45, 7) is 3.10. The van der Waals surface area contributed by atoms with Crippen molar-refractivity contribution in [2.75, 3.05) is 19.7 Å². The lowest BCUT2D eigenvalue weighted by Gasteiger charge is -2.44. The van der Waals surface area contributed by atoms with Crippen LogP contribution in [0.5, 0.6) is 0 Å². The van der Waals surface area contributed by atoms with Gasteiger partial charge in [-0.2, -0.15) is 0 Å². The lowest BCUT2D eigenvalue weighted by atomic mass is 9.84. The molecule has 2 aliphatic heterocycles. The molecule has 4 nitrogen and oxygen atoms in total. The van der Waals surface area contributed by atoms with Crippen molar-refractivity contribution in [2.45, 2.75) is 76.3 Å². The maximum absolute atomic E-state index is 12.0. The number of hydrogen-bond donors (Lipinski definition) is 1. The van der Waals surface area contributed by atoms with Crippen molar-refractivity contribution >= 4 is 6.09 Å². The molecule has 21 heavy (non-hydrogen) atoms. The van der Waals surface area contributed by atoms with Gasteiger partial charge in [0.05, 0.1) is 6.61 Å². The van der Waals surface area contributed by atoms with Crippen LogP contribution in [0.1, 0.15) is 64.2 Å². The Kier molecular flexibility index (Phi) is 5.39. The van der Waals surface area contributed by atoms with Crippen molar-refractivity contribution in [3.63, 3.8) is 0 Å². The molecule has 3 rings (SSSR count). The van der Waals surface area contributed by atoms with Crippen LogP contribution in [-0.4, -0.2) is 42.8 Å². The monoisotopic (exact) mass is 294 g/mol. The molecule has 0 radical (unpaired) electrons. The molecule has 1 saturated carbocycles. The maximum Gasteiger partial charge on any atom is 0.407 e. The molecule has 0 spiro atoms. The number of carbonyl (C=O) groups is 1. The number of nitrogens with one attached hydrogen (secondary N) is 1. The van der Waals surface area contributed by atoms with Gasteiger partial charge in [-0.15, -0.1) is 0 Å². The Labute approximate surface area is 128 Å². The molecule has 0 bridgehead atoms. The van der Waals surface area contributed by atoms with Gasteiger partial charge in [0, 0.05) is 18.0 Å². The van der Waals surface area contributed by atoms with E-state index in [1.165, 1.54) is 64.5 Å². The summed E-state index contributed by atoms with van der Waals surface area (Å²) in [6.07, 6.45) is 12.3. The van der Waals surface area contributed by atoms with Crippen LogP contribution >= 0.6 is 0 Å². The number of carbonyl (C=O) groups excluding carboxylic acids is 1. The first-order valence-corrected chi connectivity index (χ1v) is 9.00. The van der Waals surface area contributed by atoms with Gasteiger partial charge in [-0.05, 0) is 51.6 Å². The largest absolute Gasteiger partial charge is 0.449 e. The standard InChI is InChI=1S/C17H30N2O2/c20-17(18-15-8-2-1-3-9-15)21-13-14-7-6-12-19-11-5-4-10-16(14)19/h14-16H,1-13H2,(H,18,20)/t14-,16+/m0/s1. The van der Waals surface area contributed by atoms with E-state index in [9.17, 15) is 4.79 Å². The normalized spacial score (nSPS) is 31.4. The van der Waals surface area contributed by atoms with Crippen LogP contribution in [0.4, 0.5) is 4.79 Å². The quantitative estimate of drug-likeness (QED) is 0.868. The van der Waals surface area contributed by atoms with Crippen LogP contribution in [0, 0.1) is 5.92 Å². The number of hydrogen-bond acceptors (Lipinski definition) is 3. The number of amides is 1. The number of rotatable bonds is 3. The summed E-state index contributed by atoms with van der Waals surface area (Å²) in [5.74, 6) is 0.552. The summed E-state index contributed by atoms with van der Waals surface area (Å²) < 4.78 is 5.56. The molecular weight excluding hydrogens is 264 g/mol. The Morgan fingerprint density at radius 1 is 0.952 bits per heavy atom. The van der Waals surface area contributed by atoms with Crippen LogP contribution in [0.15, 0.2) is 0 Å². The first kappa shape index (κ1) is 15.1. The zero-order valence-electron chi connectivity index (χ0n) is 13.2. The highest BCUT2D eigenvalue weighted by atomic mass is 16.5. The van der Waals surface area contributed by atoms with Crippen molar-refractivity contribution < 1.29 is 9.53 Å². The highest BCUT2D eigenvalue weighted by Gasteiger charge is 2.33. The van der Waals surface area contributed by atoms with Gasteiger partial charge >= 0.3 is 6.09 Å². The second-order valence-corrected chi connectivity index (χ2v) is 7.08. The Bertz CT molecular complexity index is 340. The molecule has 4 heteroatoms. The molecule has 2 heterocycles. The summed E-state index contributed by atoms with van der Waals surface area (Å²) in [5, 5.41) is 3.06. The fourth-order valence-corrected chi connectivity index (χ4v) is 4.41. The number of fused-ring (bicyclic) bond motifs is 1. The lowest BCUT2D eigenvalue weighted by molar-refractivity contribution is 0.0226. The third-order valence-corrected chi connectivity index (χ3v) is 5.58. The molecular formula is C17H30N2O2. The molecule has 1 N–H and O–H groups in total. The minimum atomic E-state index is -0.185. The second-order valence-electron chi connectivity index (χ2n) is 7.08. The Balaban J connectivity index is 1.42. The highest BCUT2D eigenvalue weighted by Crippen LogP contribution is 2.31. The minimum absolute atomic E-state index is 0.185. The molecule has 3 aliphatic rings. The fraction of sp³-hybridized carbons (Fsp3) is 0.941. The van der Waals surface area contributed by atoms with E-state index in [0.29, 0.717) is 24.6 Å². The van der Waals surface area contributed by atoms with Crippen LogP contribution in [0.25, 0.3) is 0 Å². The van der Waals surface area contributed by atoms with E-state index in [1.807, 2.05) is 0 Å². The van der Waals surface area contributed by atoms with Gasteiger partial charge in [-0.1, -0.05) is 25.7 Å². The molecule has 1 amide bonds. The van der Waals surface area contributed by atoms with E-state index >= 15 is 0 Å². The molecule has 1 aliphatic carbocycles. The molecule has 3 fully saturated rings. The van der Waals surface area contributed by atoms with Gasteiger partial charge in [-0.3, -0.25) is 4.90 Å². The second kappa shape index (κ2) is 7.48. The van der Waals surface area contributed by atoms with E-state index in [0.717, 1.165) is 12.8 Å². The summed E-state index contributed by atoms with van der Waals surface area (Å²) in [4.78, 5) is 14.6. The van der Waals surface area contributed by atoms with E-state index in [4.69, 9.17) is 4.74 Å². The lowest BCUT2D eigenvalue weighted by Crippen LogP contribution is -2.49. The molecule has 0 unspecified atom stereocenters. The van der Waals surface area contributed by atoms with Gasteiger partial charge in [0.1, 0.15) is 0 Å². The van der Waals surface area contributed by atoms with Gasteiger partial charge < -0.3 is 10.1 Å². The maximum atomic E-state index is 12.0. The first-order valence-electron chi connectivity index (χ1n) is 9.00. The average Bonchev–Trinajstić information content (AvgIpc) is 2.54. The van der Waals surface area contributed by atoms with Gasteiger partial charge in [0.15, 0.2) is 0 Å². The molecule has 2 saturated heterocycles. The van der Waals surface area contributed by atoms with Crippen molar-refractivity contribution in [2.24, 2.45) is 5.92 Å². The van der Waals surface area contributed by atoms with E-state index in [-0.39, 0.29) is 6.09 Å². The number of piperidine rings is 2. The predicted molar refractivity (Wildman–Crippen MR) is 83.3 cm³/mol. The van der Waals surface area contributed by atoms with Gasteiger partial charge in [0.25, 0.3) is 0 Å². The van der Waals surface area contributed by atoms with E-state index in [2.05, 4.69) is 10.2 Å². The van der Waals surface area contributed by atoms with Crippen LogP contribution < -0.4 is 5.32 Å². The van der Waals surface area contributed by atoms with Crippen LogP contribution in [-0.2, 0) is 4.74 Å². The van der Waals surface area contributed by atoms with Gasteiger partial charge in [0.2, 0.25) is 0 Å². The number of alkyl carbamates (subject to hydrolysis) is 1. The van der Waals surface area contributed by atoms with Crippen LogP contribution in [0.3, 0.4) is 0 Å². The molecule has 120 valence electrons. The number of nitrogens with zero attached hydrogens (tertiary/aromatic N) is 1. The molecule has 0 aromatic carbocycles. The third kappa shape index (κ3) is 4.12. The number of ether oxygens (including phenoxy) is 1. The zero-order chi connectivity index (χ0) is 14.5. The van der Waals surface area contributed by atoms with Crippen molar-refractivity contribution in [3.8, 4) is 0 Å². The van der Waals surface area contributed by atoms with E-state index < -0.39 is 0 Å². The van der Waals surface area contributed by atoms with E-state index in [1.54, 1.807) is 0 Å². The SMILES string of the molecule is O=C(NC1CCCCC1)OC[C@@H]1CCCN2CCCC[C@H]12. The highest BCUT2D eigenvalue weighted by molar-refractivity contribution is 5.67. The Morgan fingerprint density at radius 2 is 1.71 bits per heavy atom. The predicted octanol–water partition coefficient (Wildman–Crippen LogP) is 3.31. The van der Waals surface area contributed by atoms with Crippen LogP contribution in [0.2, 0.25) is 0 Å². The molecule has 2 atom stereocenters. The summed E-state index contributed by atoms with van der Waals surface area (Å²) >= 11 is 0. The van der Waals surface area contributed by atoms with Crippen molar-refractivity contribution in [1.82, 2.24) is 10.2 Å². The smallest absolute Gasteiger partial charge is 0.407 e. The summed E-state index contributed by atoms with van der Waals surface area (Å²) in [7, 11) is 0. The molecule has 0 aromatic rings. The Hall–Kier alpha value is -0.770. The topological polar surface area (TPSA) is 41.6 Å². The summed E-state index contributed by atoms with van der Waals surface area (Å²) in [5.41, 5.74) is 0. The molecule has 0 aromatic heterocycles. The third-order valence-electron chi connectivity index (χ3n) is 5.58. The average molecular weight is 294 g/mol. The summed E-state index contributed by atoms with van der Waals surface area (Å²) in [6, 6.07) is 1.01. The van der Waals surface area contributed by atoms with Crippen molar-refractivity contribution in [1.29, 1.82) is 0 Å². The zero-order valence-corrected chi connectivity index (χ0v) is 13.2. The van der Waals surface area contributed by atoms with Crippen molar-refractivity contribution in [3.05, 3.63) is 0 Å².